The van der Waals surface area contributed by atoms with Crippen molar-refractivity contribution < 1.29 is 24.3 Å². The Morgan fingerprint density at radius 1 is 1.46 bits per heavy atom. The number of carbonyl (C=O) groups is 2. The van der Waals surface area contributed by atoms with Crippen molar-refractivity contribution in [3.63, 3.8) is 0 Å². The molecule has 0 radical (unpaired) electrons. The van der Waals surface area contributed by atoms with E-state index in [-0.39, 0.29) is 28.4 Å². The van der Waals surface area contributed by atoms with E-state index in [4.69, 9.17) is 5.11 Å². The van der Waals surface area contributed by atoms with Crippen LogP contribution in [0, 0.1) is 5.92 Å². The minimum absolute atomic E-state index is 0.0361. The summed E-state index contributed by atoms with van der Waals surface area (Å²) in [7, 11) is 2.30. The predicted molar refractivity (Wildman–Crippen MR) is 93.1 cm³/mol. The smallest absolute Gasteiger partial charge is 0.230 e. The molecule has 0 aromatic rings. The summed E-state index contributed by atoms with van der Waals surface area (Å²) in [5, 5.41) is 20.5. The molecule has 0 bridgehead atoms. The summed E-state index contributed by atoms with van der Waals surface area (Å²) in [6.45, 7) is 3.60. The number of amides is 1. The normalized spacial score (nSPS) is 34.2. The number of β-lactam (4-membered cyclic amide) rings is 1. The number of aliphatic hydroxyl groups excluding tert-OH is 1. The highest BCUT2D eigenvalue weighted by Crippen LogP contribution is 2.51. The van der Waals surface area contributed by atoms with E-state index in [9.17, 15) is 14.7 Å². The van der Waals surface area contributed by atoms with Crippen LogP contribution in [-0.2, 0) is 9.59 Å². The number of aliphatic hydroxyl groups is 1. The number of likely N-dealkylation sites (tertiary alicyclic amines) is 1. The Hall–Kier alpha value is -0.440. The van der Waals surface area contributed by atoms with Gasteiger partial charge in [-0.05, 0) is 12.2 Å². The van der Waals surface area contributed by atoms with Crippen molar-refractivity contribution in [3.8, 4) is 0 Å². The van der Waals surface area contributed by atoms with Crippen LogP contribution in [0.3, 0.4) is 0 Å². The number of fused-ring (bicyclic) bond motifs is 1. The summed E-state index contributed by atoms with van der Waals surface area (Å²) in [5.74, 6) is -0.623. The lowest BCUT2D eigenvalue weighted by atomic mass is 9.93. The number of rotatable bonds is 8. The molecule has 0 aromatic heterocycles. The minimum atomic E-state index is -1.16. The van der Waals surface area contributed by atoms with Crippen LogP contribution in [0.4, 0.5) is 0 Å². The van der Waals surface area contributed by atoms with Crippen LogP contribution in [0.2, 0.25) is 0 Å². The van der Waals surface area contributed by atoms with Crippen LogP contribution >= 0.6 is 23.5 Å². The molecule has 0 spiro atoms. The summed E-state index contributed by atoms with van der Waals surface area (Å²) in [5.41, 5.74) is 0. The molecule has 3 aliphatic heterocycles. The molecular weight excluding hydrogens is 348 g/mol. The minimum Gasteiger partial charge on any atom is -0.548 e. The van der Waals surface area contributed by atoms with Gasteiger partial charge in [0.15, 0.2) is 0 Å². The number of hydrogen-bond acceptors (Lipinski definition) is 6. The lowest BCUT2D eigenvalue weighted by molar-refractivity contribution is -0.897. The topological polar surface area (TPSA) is 80.7 Å². The molecule has 3 rings (SSSR count). The van der Waals surface area contributed by atoms with E-state index in [1.807, 2.05) is 0 Å². The molecule has 4 atom stereocenters. The second kappa shape index (κ2) is 7.43. The molecular formula is C16H26N2O4S2. The Morgan fingerprint density at radius 2 is 2.17 bits per heavy atom. The largest absolute Gasteiger partial charge is 0.548 e. The van der Waals surface area contributed by atoms with Gasteiger partial charge < -0.3 is 24.4 Å². The molecule has 3 aliphatic rings. The standard InChI is InChI=1S/C16H26N2O4S2/c1-18(6-2-3-7-18)8-4-10-23-16-12(15(21)22)17-13(20)11(5-9-19)14(17)24-16/h11-12,14,16,19H,2-10H2,1H3/t11-,12?,14+,16?/m0/s1. The van der Waals surface area contributed by atoms with Gasteiger partial charge in [-0.2, -0.15) is 0 Å². The van der Waals surface area contributed by atoms with E-state index < -0.39 is 12.0 Å². The molecule has 24 heavy (non-hydrogen) atoms. The molecule has 6 nitrogen and oxygen atoms in total. The molecule has 2 unspecified atom stereocenters. The van der Waals surface area contributed by atoms with Gasteiger partial charge in [-0.15, -0.1) is 23.5 Å². The first-order valence-electron chi connectivity index (χ1n) is 8.71. The zero-order valence-electron chi connectivity index (χ0n) is 14.1. The average Bonchev–Trinajstić information content (AvgIpc) is 3.12. The first-order chi connectivity index (χ1) is 11.5. The van der Waals surface area contributed by atoms with Crippen molar-refractivity contribution >= 4 is 35.4 Å². The second-order valence-electron chi connectivity index (χ2n) is 7.24. The molecule has 1 amide bonds. The molecule has 8 heteroatoms. The number of thioether (sulfide) groups is 2. The second-order valence-corrected chi connectivity index (χ2v) is 10.1. The molecule has 0 saturated carbocycles. The number of carbonyl (C=O) groups excluding carboxylic acids is 2. The van der Waals surface area contributed by atoms with Crippen molar-refractivity contribution in [1.29, 1.82) is 0 Å². The van der Waals surface area contributed by atoms with E-state index in [1.165, 1.54) is 30.8 Å². The van der Waals surface area contributed by atoms with E-state index in [1.54, 1.807) is 23.5 Å². The van der Waals surface area contributed by atoms with Gasteiger partial charge in [-0.3, -0.25) is 4.79 Å². The lowest BCUT2D eigenvalue weighted by Crippen LogP contribution is -2.63. The fraction of sp³-hybridized carbons (Fsp3) is 0.875. The lowest BCUT2D eigenvalue weighted by Gasteiger charge is -2.44. The molecule has 0 aliphatic carbocycles. The third-order valence-electron chi connectivity index (χ3n) is 5.47. The number of aliphatic carboxylic acids is 1. The van der Waals surface area contributed by atoms with Crippen LogP contribution in [0.15, 0.2) is 0 Å². The van der Waals surface area contributed by atoms with Crippen molar-refractivity contribution in [2.45, 2.75) is 41.7 Å². The van der Waals surface area contributed by atoms with Crippen LogP contribution in [0.1, 0.15) is 25.7 Å². The highest BCUT2D eigenvalue weighted by Gasteiger charge is 2.58. The van der Waals surface area contributed by atoms with Crippen LogP contribution in [-0.4, -0.2) is 81.4 Å². The van der Waals surface area contributed by atoms with Gasteiger partial charge >= 0.3 is 0 Å². The van der Waals surface area contributed by atoms with E-state index >= 15 is 0 Å². The summed E-state index contributed by atoms with van der Waals surface area (Å²) in [4.78, 5) is 25.1. The quantitative estimate of drug-likeness (QED) is 0.357. The maximum atomic E-state index is 12.1. The average molecular weight is 375 g/mol. The monoisotopic (exact) mass is 374 g/mol. The molecule has 1 N–H and O–H groups in total. The first-order valence-corrected chi connectivity index (χ1v) is 10.7. The Labute approximate surface area is 151 Å². The Kier molecular flexibility index (Phi) is 5.68. The zero-order valence-corrected chi connectivity index (χ0v) is 15.7. The van der Waals surface area contributed by atoms with E-state index in [0.29, 0.717) is 6.42 Å². The molecule has 3 heterocycles. The van der Waals surface area contributed by atoms with Gasteiger partial charge in [-0.25, -0.2) is 0 Å². The Bertz CT molecular complexity index is 498. The fourth-order valence-corrected chi connectivity index (χ4v) is 7.45. The first kappa shape index (κ1) is 18.4. The number of hydrogen-bond donors (Lipinski definition) is 1. The van der Waals surface area contributed by atoms with Gasteiger partial charge in [0.05, 0.1) is 54.6 Å². The van der Waals surface area contributed by atoms with E-state index in [2.05, 4.69) is 7.05 Å². The number of carboxylic acids is 1. The van der Waals surface area contributed by atoms with Gasteiger partial charge in [0.2, 0.25) is 5.91 Å². The third kappa shape index (κ3) is 3.43. The van der Waals surface area contributed by atoms with Gasteiger partial charge in [0.25, 0.3) is 0 Å². The molecule has 3 fully saturated rings. The summed E-state index contributed by atoms with van der Waals surface area (Å²) < 4.78 is 0.977. The van der Waals surface area contributed by atoms with Crippen molar-refractivity contribution in [2.75, 3.05) is 39.0 Å². The summed E-state index contributed by atoms with van der Waals surface area (Å²) in [6, 6.07) is -0.830. The highest BCUT2D eigenvalue weighted by molar-refractivity contribution is 8.17. The van der Waals surface area contributed by atoms with Crippen LogP contribution in [0.25, 0.3) is 0 Å². The number of quaternary nitrogens is 1. The van der Waals surface area contributed by atoms with Gasteiger partial charge in [0, 0.05) is 25.9 Å². The molecule has 3 saturated heterocycles. The molecule has 136 valence electrons. The highest BCUT2D eigenvalue weighted by atomic mass is 32.2. The summed E-state index contributed by atoms with van der Waals surface area (Å²) >= 11 is 3.21. The SMILES string of the molecule is C[N+]1(CCCSC2S[C@@H]3[C@@H](CCO)C(=O)N3C2C(=O)[O-])CCCC1. The van der Waals surface area contributed by atoms with Gasteiger partial charge in [0.1, 0.15) is 0 Å². The summed E-state index contributed by atoms with van der Waals surface area (Å²) in [6.07, 6.45) is 4.09. The zero-order chi connectivity index (χ0) is 17.3. The number of nitrogens with zero attached hydrogens (tertiary/aromatic N) is 2. The van der Waals surface area contributed by atoms with Crippen LogP contribution in [0.5, 0.6) is 0 Å². The Morgan fingerprint density at radius 3 is 2.79 bits per heavy atom. The molecule has 0 aromatic carbocycles. The van der Waals surface area contributed by atoms with Gasteiger partial charge in [-0.1, -0.05) is 0 Å². The van der Waals surface area contributed by atoms with Crippen molar-refractivity contribution in [1.82, 2.24) is 4.90 Å². The van der Waals surface area contributed by atoms with Crippen molar-refractivity contribution in [2.24, 2.45) is 5.92 Å². The maximum absolute atomic E-state index is 12.1. The van der Waals surface area contributed by atoms with E-state index in [0.717, 1.165) is 23.2 Å². The third-order valence-corrected chi connectivity index (χ3v) is 8.69. The maximum Gasteiger partial charge on any atom is 0.230 e. The fourth-order valence-electron chi connectivity index (χ4n) is 4.08. The van der Waals surface area contributed by atoms with Crippen LogP contribution < -0.4 is 5.11 Å². The Balaban J connectivity index is 1.51. The predicted octanol–water partition coefficient (Wildman–Crippen LogP) is -0.292. The number of carboxylic acid groups (broad SMARTS) is 1. The van der Waals surface area contributed by atoms with Crippen molar-refractivity contribution in [3.05, 3.63) is 0 Å².